The molecule has 0 heterocycles. The summed E-state index contributed by atoms with van der Waals surface area (Å²) in [7, 11) is 1.84. The van der Waals surface area contributed by atoms with Gasteiger partial charge in [-0.2, -0.15) is 0 Å². The molecule has 2 N–H and O–H groups in total. The summed E-state index contributed by atoms with van der Waals surface area (Å²) in [6.07, 6.45) is 0.494. The molecular weight excluding hydrogens is 226 g/mol. The number of benzene rings is 1. The molecule has 1 rings (SSSR count). The van der Waals surface area contributed by atoms with Gasteiger partial charge in [0.25, 0.3) is 0 Å². The predicted molar refractivity (Wildman–Crippen MR) is 77.2 cm³/mol. The van der Waals surface area contributed by atoms with Gasteiger partial charge in [-0.1, -0.05) is 0 Å². The highest BCUT2D eigenvalue weighted by Gasteiger charge is 2.03. The van der Waals surface area contributed by atoms with Crippen LogP contribution < -0.4 is 15.5 Å². The minimum atomic E-state index is 0.0416. The molecule has 0 saturated carbocycles. The van der Waals surface area contributed by atoms with E-state index in [1.165, 1.54) is 5.69 Å². The topological polar surface area (TPSA) is 44.4 Å². The number of carbonyl (C=O) groups is 1. The van der Waals surface area contributed by atoms with Crippen molar-refractivity contribution in [1.82, 2.24) is 5.32 Å². The summed E-state index contributed by atoms with van der Waals surface area (Å²) in [5.74, 6) is 0.0416. The Morgan fingerprint density at radius 2 is 1.78 bits per heavy atom. The monoisotopic (exact) mass is 249 g/mol. The Hall–Kier alpha value is -1.55. The lowest BCUT2D eigenvalue weighted by Crippen LogP contribution is -2.22. The Bertz CT molecular complexity index is 358. The van der Waals surface area contributed by atoms with Crippen LogP contribution in [0.25, 0.3) is 0 Å². The molecule has 1 aromatic rings. The number of carbonyl (C=O) groups excluding carboxylic acids is 1. The zero-order valence-electron chi connectivity index (χ0n) is 11.5. The highest BCUT2D eigenvalue weighted by Crippen LogP contribution is 2.17. The third-order valence-electron chi connectivity index (χ3n) is 2.88. The van der Waals surface area contributed by atoms with Gasteiger partial charge in [-0.05, 0) is 45.2 Å². The van der Waals surface area contributed by atoms with E-state index in [1.807, 2.05) is 31.3 Å². The Labute approximate surface area is 109 Å². The second kappa shape index (κ2) is 7.71. The minimum absolute atomic E-state index is 0.0416. The van der Waals surface area contributed by atoms with Crippen molar-refractivity contribution in [3.05, 3.63) is 24.3 Å². The van der Waals surface area contributed by atoms with Crippen LogP contribution >= 0.6 is 0 Å². The van der Waals surface area contributed by atoms with Crippen LogP contribution in [0.3, 0.4) is 0 Å². The maximum Gasteiger partial charge on any atom is 0.225 e. The summed E-state index contributed by atoms with van der Waals surface area (Å²) < 4.78 is 0. The molecule has 0 fully saturated rings. The highest BCUT2D eigenvalue weighted by atomic mass is 16.1. The molecule has 0 bridgehead atoms. The zero-order chi connectivity index (χ0) is 13.4. The van der Waals surface area contributed by atoms with Crippen LogP contribution in [-0.2, 0) is 4.79 Å². The summed E-state index contributed by atoms with van der Waals surface area (Å²) in [5.41, 5.74) is 2.04. The molecule has 0 radical (unpaired) electrons. The maximum absolute atomic E-state index is 11.5. The van der Waals surface area contributed by atoms with E-state index in [0.29, 0.717) is 13.0 Å². The molecule has 1 amide bonds. The number of hydrogen-bond donors (Lipinski definition) is 2. The lowest BCUT2D eigenvalue weighted by Gasteiger charge is -2.21. The smallest absolute Gasteiger partial charge is 0.225 e. The van der Waals surface area contributed by atoms with Gasteiger partial charge in [0.05, 0.1) is 0 Å². The largest absolute Gasteiger partial charge is 0.372 e. The standard InChI is InChI=1S/C14H23N3O/c1-4-17(5-2)13-8-6-12(7-9-13)16-14(18)10-11-15-3/h6-9,15H,4-5,10-11H2,1-3H3,(H,16,18). The van der Waals surface area contributed by atoms with Crippen LogP contribution in [0.2, 0.25) is 0 Å². The molecule has 18 heavy (non-hydrogen) atoms. The first-order valence-corrected chi connectivity index (χ1v) is 6.50. The molecule has 0 aliphatic rings. The van der Waals surface area contributed by atoms with Gasteiger partial charge >= 0.3 is 0 Å². The lowest BCUT2D eigenvalue weighted by molar-refractivity contribution is -0.116. The van der Waals surface area contributed by atoms with Crippen molar-refractivity contribution in [2.45, 2.75) is 20.3 Å². The van der Waals surface area contributed by atoms with E-state index < -0.39 is 0 Å². The SMILES string of the molecule is CCN(CC)c1ccc(NC(=O)CCNC)cc1. The quantitative estimate of drug-likeness (QED) is 0.777. The van der Waals surface area contributed by atoms with E-state index in [9.17, 15) is 4.79 Å². The fourth-order valence-corrected chi connectivity index (χ4v) is 1.81. The molecular formula is C14H23N3O. The maximum atomic E-state index is 11.5. The average molecular weight is 249 g/mol. The highest BCUT2D eigenvalue weighted by molar-refractivity contribution is 5.91. The Morgan fingerprint density at radius 1 is 1.17 bits per heavy atom. The fraction of sp³-hybridized carbons (Fsp3) is 0.500. The summed E-state index contributed by atoms with van der Waals surface area (Å²) in [6, 6.07) is 7.98. The Balaban J connectivity index is 2.57. The summed E-state index contributed by atoms with van der Waals surface area (Å²) in [6.45, 7) is 6.95. The molecule has 0 aliphatic carbocycles. The first-order valence-electron chi connectivity index (χ1n) is 6.50. The zero-order valence-corrected chi connectivity index (χ0v) is 11.5. The van der Waals surface area contributed by atoms with Crippen molar-refractivity contribution in [2.75, 3.05) is 36.9 Å². The number of anilines is 2. The van der Waals surface area contributed by atoms with Crippen molar-refractivity contribution in [2.24, 2.45) is 0 Å². The van der Waals surface area contributed by atoms with Gasteiger partial charge < -0.3 is 15.5 Å². The van der Waals surface area contributed by atoms with Crippen LogP contribution in [0, 0.1) is 0 Å². The summed E-state index contributed by atoms with van der Waals surface area (Å²) in [5, 5.41) is 5.84. The van der Waals surface area contributed by atoms with Gasteiger partial charge in [-0.3, -0.25) is 4.79 Å². The van der Waals surface area contributed by atoms with Gasteiger partial charge in [-0.15, -0.1) is 0 Å². The fourth-order valence-electron chi connectivity index (χ4n) is 1.81. The van der Waals surface area contributed by atoms with Gasteiger partial charge in [0.15, 0.2) is 0 Å². The van der Waals surface area contributed by atoms with Crippen molar-refractivity contribution < 1.29 is 4.79 Å². The first kappa shape index (κ1) is 14.5. The van der Waals surface area contributed by atoms with E-state index in [4.69, 9.17) is 0 Å². The van der Waals surface area contributed by atoms with Crippen molar-refractivity contribution in [3.63, 3.8) is 0 Å². The van der Waals surface area contributed by atoms with Gasteiger partial charge in [0, 0.05) is 37.4 Å². The summed E-state index contributed by atoms with van der Waals surface area (Å²) >= 11 is 0. The second-order valence-corrected chi connectivity index (χ2v) is 4.12. The molecule has 0 saturated heterocycles. The van der Waals surface area contributed by atoms with Gasteiger partial charge in [0.1, 0.15) is 0 Å². The molecule has 0 atom stereocenters. The molecule has 0 unspecified atom stereocenters. The number of hydrogen-bond acceptors (Lipinski definition) is 3. The second-order valence-electron chi connectivity index (χ2n) is 4.12. The van der Waals surface area contributed by atoms with Crippen molar-refractivity contribution >= 4 is 17.3 Å². The number of amides is 1. The lowest BCUT2D eigenvalue weighted by atomic mass is 10.2. The molecule has 0 spiro atoms. The predicted octanol–water partition coefficient (Wildman–Crippen LogP) is 2.08. The Morgan fingerprint density at radius 3 is 2.28 bits per heavy atom. The minimum Gasteiger partial charge on any atom is -0.372 e. The third-order valence-corrected chi connectivity index (χ3v) is 2.88. The normalized spacial score (nSPS) is 10.2. The summed E-state index contributed by atoms with van der Waals surface area (Å²) in [4.78, 5) is 13.8. The molecule has 4 nitrogen and oxygen atoms in total. The number of nitrogens with zero attached hydrogens (tertiary/aromatic N) is 1. The molecule has 1 aromatic carbocycles. The van der Waals surface area contributed by atoms with Gasteiger partial charge in [-0.25, -0.2) is 0 Å². The Kier molecular flexibility index (Phi) is 6.22. The van der Waals surface area contributed by atoms with Crippen molar-refractivity contribution in [1.29, 1.82) is 0 Å². The number of nitrogens with one attached hydrogen (secondary N) is 2. The molecule has 0 aromatic heterocycles. The molecule has 0 aliphatic heterocycles. The van der Waals surface area contributed by atoms with Crippen LogP contribution in [0.15, 0.2) is 24.3 Å². The van der Waals surface area contributed by atoms with E-state index in [1.54, 1.807) is 0 Å². The molecule has 4 heteroatoms. The average Bonchev–Trinajstić information content (AvgIpc) is 2.40. The van der Waals surface area contributed by atoms with E-state index in [-0.39, 0.29) is 5.91 Å². The first-order chi connectivity index (χ1) is 8.71. The number of rotatable bonds is 7. The molecule has 100 valence electrons. The van der Waals surface area contributed by atoms with Crippen LogP contribution in [-0.4, -0.2) is 32.6 Å². The van der Waals surface area contributed by atoms with E-state index in [2.05, 4.69) is 29.4 Å². The van der Waals surface area contributed by atoms with Crippen molar-refractivity contribution in [3.8, 4) is 0 Å². The van der Waals surface area contributed by atoms with E-state index >= 15 is 0 Å². The van der Waals surface area contributed by atoms with Crippen LogP contribution in [0.4, 0.5) is 11.4 Å². The van der Waals surface area contributed by atoms with E-state index in [0.717, 1.165) is 18.8 Å². The van der Waals surface area contributed by atoms with Crippen LogP contribution in [0.1, 0.15) is 20.3 Å². The van der Waals surface area contributed by atoms with Crippen LogP contribution in [0.5, 0.6) is 0 Å². The third kappa shape index (κ3) is 4.37. The van der Waals surface area contributed by atoms with Gasteiger partial charge in [0.2, 0.25) is 5.91 Å².